The highest BCUT2D eigenvalue weighted by atomic mass is 32.2. The van der Waals surface area contributed by atoms with Gasteiger partial charge < -0.3 is 0 Å². The summed E-state index contributed by atoms with van der Waals surface area (Å²) in [6, 6.07) is 20.6. The Morgan fingerprint density at radius 3 is 2.09 bits per heavy atom. The lowest BCUT2D eigenvalue weighted by atomic mass is 9.48. The van der Waals surface area contributed by atoms with Gasteiger partial charge in [0.15, 0.2) is 5.16 Å². The monoisotopic (exact) mass is 443 g/mol. The number of thioether (sulfide) groups is 1. The molecule has 4 bridgehead atoms. The molecule has 7 rings (SSSR count). The van der Waals surface area contributed by atoms with E-state index in [2.05, 4.69) is 51.2 Å². The van der Waals surface area contributed by atoms with Gasteiger partial charge in [-0.05, 0) is 74.0 Å². The van der Waals surface area contributed by atoms with Crippen LogP contribution in [0.4, 0.5) is 0 Å². The number of Topliss-reactive ketones (excluding diaryl/α,β-unsaturated/α-hetero) is 1. The number of rotatable bonds is 7. The van der Waals surface area contributed by atoms with Crippen molar-refractivity contribution >= 4 is 17.5 Å². The van der Waals surface area contributed by atoms with Gasteiger partial charge in [-0.3, -0.25) is 9.36 Å². The van der Waals surface area contributed by atoms with Crippen molar-refractivity contribution in [2.75, 3.05) is 5.75 Å². The highest BCUT2D eigenvalue weighted by molar-refractivity contribution is 7.99. The van der Waals surface area contributed by atoms with Crippen molar-refractivity contribution in [3.63, 3.8) is 0 Å². The molecular weight excluding hydrogens is 414 g/mol. The van der Waals surface area contributed by atoms with Crippen LogP contribution in [0.15, 0.2) is 65.8 Å². The predicted octanol–water partition coefficient (Wildman–Crippen LogP) is 5.74. The van der Waals surface area contributed by atoms with Crippen molar-refractivity contribution in [2.24, 2.45) is 23.2 Å². The van der Waals surface area contributed by atoms with E-state index in [1.807, 2.05) is 24.3 Å². The Labute approximate surface area is 193 Å². The summed E-state index contributed by atoms with van der Waals surface area (Å²) in [5.74, 6) is 4.24. The molecule has 4 nitrogen and oxygen atoms in total. The minimum absolute atomic E-state index is 0.0494. The summed E-state index contributed by atoms with van der Waals surface area (Å²) >= 11 is 1.57. The second kappa shape index (κ2) is 8.18. The van der Waals surface area contributed by atoms with Gasteiger partial charge >= 0.3 is 0 Å². The normalized spacial score (nSPS) is 28.2. The Morgan fingerprint density at radius 2 is 1.47 bits per heavy atom. The molecule has 164 valence electrons. The average molecular weight is 444 g/mol. The van der Waals surface area contributed by atoms with E-state index >= 15 is 0 Å². The zero-order chi connectivity index (χ0) is 21.5. The summed E-state index contributed by atoms with van der Waals surface area (Å²) in [7, 11) is 0. The maximum atomic E-state index is 13.5. The standard InChI is InChI=1S/C27H29N3OS/c31-24(27-15-20-11-21(16-27)13-22(12-20)17-27)18-32-26-29-28-25(14-19-7-3-1-4-8-19)30(26)23-9-5-2-6-10-23/h1-10,20-22H,11-18H2. The molecule has 4 saturated carbocycles. The molecule has 4 aliphatic carbocycles. The first-order valence-electron chi connectivity index (χ1n) is 11.9. The van der Waals surface area contributed by atoms with E-state index in [-0.39, 0.29) is 5.41 Å². The van der Waals surface area contributed by atoms with Gasteiger partial charge in [0.1, 0.15) is 11.6 Å². The molecule has 4 aliphatic rings. The maximum absolute atomic E-state index is 13.5. The molecule has 0 unspecified atom stereocenters. The molecule has 3 aromatic rings. The van der Waals surface area contributed by atoms with Crippen LogP contribution in [0.5, 0.6) is 0 Å². The smallest absolute Gasteiger partial charge is 0.196 e. The molecule has 1 aromatic heterocycles. The SMILES string of the molecule is O=C(CSc1nnc(Cc2ccccc2)n1-c1ccccc1)C12CC3CC(CC(C3)C1)C2. The van der Waals surface area contributed by atoms with Crippen LogP contribution in [0.25, 0.3) is 5.69 Å². The lowest BCUT2D eigenvalue weighted by molar-refractivity contribution is -0.141. The largest absolute Gasteiger partial charge is 0.298 e. The van der Waals surface area contributed by atoms with Crippen LogP contribution in [-0.4, -0.2) is 26.3 Å². The fraction of sp³-hybridized carbons (Fsp3) is 0.444. The highest BCUT2D eigenvalue weighted by Crippen LogP contribution is 2.60. The molecule has 0 aliphatic heterocycles. The van der Waals surface area contributed by atoms with Crippen molar-refractivity contribution in [3.05, 3.63) is 72.1 Å². The lowest BCUT2D eigenvalue weighted by Gasteiger charge is -2.56. The van der Waals surface area contributed by atoms with Crippen LogP contribution in [-0.2, 0) is 11.2 Å². The quantitative estimate of drug-likeness (QED) is 0.437. The molecule has 0 N–H and O–H groups in total. The summed E-state index contributed by atoms with van der Waals surface area (Å²) in [5.41, 5.74) is 2.21. The molecule has 32 heavy (non-hydrogen) atoms. The maximum Gasteiger partial charge on any atom is 0.196 e. The highest BCUT2D eigenvalue weighted by Gasteiger charge is 2.54. The second-order valence-electron chi connectivity index (χ2n) is 10.1. The fourth-order valence-corrected chi connectivity index (χ4v) is 7.86. The van der Waals surface area contributed by atoms with Gasteiger partial charge in [0.2, 0.25) is 0 Å². The first kappa shape index (κ1) is 20.2. The molecular formula is C27H29N3OS. The minimum atomic E-state index is -0.0494. The third kappa shape index (κ3) is 3.71. The van der Waals surface area contributed by atoms with E-state index in [9.17, 15) is 4.79 Å². The van der Waals surface area contributed by atoms with Crippen LogP contribution in [0.2, 0.25) is 0 Å². The third-order valence-electron chi connectivity index (χ3n) is 7.88. The van der Waals surface area contributed by atoms with E-state index < -0.39 is 0 Å². The number of carbonyl (C=O) groups excluding carboxylic acids is 1. The van der Waals surface area contributed by atoms with Crippen LogP contribution in [0.1, 0.15) is 49.9 Å². The van der Waals surface area contributed by atoms with Gasteiger partial charge in [0.05, 0.1) is 5.75 Å². The number of hydrogen-bond acceptors (Lipinski definition) is 4. The average Bonchev–Trinajstić information content (AvgIpc) is 3.20. The van der Waals surface area contributed by atoms with Crippen molar-refractivity contribution in [1.29, 1.82) is 0 Å². The molecule has 5 heteroatoms. The molecule has 0 atom stereocenters. The molecule has 0 radical (unpaired) electrons. The summed E-state index contributed by atoms with van der Waals surface area (Å²) in [4.78, 5) is 13.5. The summed E-state index contributed by atoms with van der Waals surface area (Å²) < 4.78 is 2.13. The molecule has 0 spiro atoms. The van der Waals surface area contributed by atoms with Gasteiger partial charge in [-0.1, -0.05) is 60.3 Å². The fourth-order valence-electron chi connectivity index (χ4n) is 6.86. The molecule has 4 fully saturated rings. The van der Waals surface area contributed by atoms with Crippen LogP contribution in [0, 0.1) is 23.2 Å². The van der Waals surface area contributed by atoms with Crippen molar-refractivity contribution in [2.45, 2.75) is 50.1 Å². The molecule has 1 heterocycles. The van der Waals surface area contributed by atoms with Gasteiger partial charge in [-0.2, -0.15) is 0 Å². The van der Waals surface area contributed by atoms with E-state index in [1.54, 1.807) is 11.8 Å². The Balaban J connectivity index is 1.25. The Hall–Kier alpha value is -2.40. The lowest BCUT2D eigenvalue weighted by Crippen LogP contribution is -2.50. The Kier molecular flexibility index (Phi) is 5.17. The van der Waals surface area contributed by atoms with Gasteiger partial charge in [0, 0.05) is 17.5 Å². The number of hydrogen-bond donors (Lipinski definition) is 0. The number of aromatic nitrogens is 3. The van der Waals surface area contributed by atoms with E-state index in [4.69, 9.17) is 0 Å². The predicted molar refractivity (Wildman–Crippen MR) is 127 cm³/mol. The number of benzene rings is 2. The number of nitrogens with zero attached hydrogens (tertiary/aromatic N) is 3. The summed E-state index contributed by atoms with van der Waals surface area (Å²) in [6.45, 7) is 0. The van der Waals surface area contributed by atoms with Crippen molar-refractivity contribution < 1.29 is 4.79 Å². The Bertz CT molecular complexity index is 1070. The minimum Gasteiger partial charge on any atom is -0.298 e. The summed E-state index contributed by atoms with van der Waals surface area (Å²) in [6.07, 6.45) is 8.20. The second-order valence-corrected chi connectivity index (χ2v) is 11.1. The number of para-hydroxylation sites is 1. The number of carbonyl (C=O) groups is 1. The van der Waals surface area contributed by atoms with Gasteiger partial charge in [-0.25, -0.2) is 0 Å². The van der Waals surface area contributed by atoms with E-state index in [0.717, 1.165) is 53.7 Å². The molecule has 2 aromatic carbocycles. The van der Waals surface area contributed by atoms with Crippen LogP contribution in [0.3, 0.4) is 0 Å². The van der Waals surface area contributed by atoms with Crippen molar-refractivity contribution in [1.82, 2.24) is 14.8 Å². The topological polar surface area (TPSA) is 47.8 Å². The first-order valence-corrected chi connectivity index (χ1v) is 12.9. The van der Waals surface area contributed by atoms with Crippen molar-refractivity contribution in [3.8, 4) is 5.69 Å². The van der Waals surface area contributed by atoms with Crippen LogP contribution < -0.4 is 0 Å². The Morgan fingerprint density at radius 1 is 0.875 bits per heavy atom. The first-order chi connectivity index (χ1) is 15.7. The molecule has 0 saturated heterocycles. The van der Waals surface area contributed by atoms with Gasteiger partial charge in [0.25, 0.3) is 0 Å². The van der Waals surface area contributed by atoms with Crippen LogP contribution >= 0.6 is 11.8 Å². The summed E-state index contributed by atoms with van der Waals surface area (Å²) in [5, 5.41) is 9.89. The van der Waals surface area contributed by atoms with Gasteiger partial charge in [-0.15, -0.1) is 10.2 Å². The molecule has 0 amide bonds. The zero-order valence-electron chi connectivity index (χ0n) is 18.3. The zero-order valence-corrected chi connectivity index (χ0v) is 19.1. The third-order valence-corrected chi connectivity index (χ3v) is 8.81. The number of ketones is 1. The van der Waals surface area contributed by atoms with E-state index in [1.165, 1.54) is 24.8 Å². The van der Waals surface area contributed by atoms with E-state index in [0.29, 0.717) is 18.0 Å².